The van der Waals surface area contributed by atoms with E-state index in [0.29, 0.717) is 12.5 Å². The van der Waals surface area contributed by atoms with Gasteiger partial charge in [-0.1, -0.05) is 27.7 Å². The number of sulfonamides is 1. The average Bonchev–Trinajstić information content (AvgIpc) is 2.05. The first-order chi connectivity index (χ1) is 7.76. The van der Waals surface area contributed by atoms with Crippen LogP contribution < -0.4 is 0 Å². The Kier molecular flexibility index (Phi) is 5.88. The highest BCUT2D eigenvalue weighted by Crippen LogP contribution is 2.29. The fourth-order valence-electron chi connectivity index (χ4n) is 1.97. The van der Waals surface area contributed by atoms with Crippen LogP contribution in [0.2, 0.25) is 0 Å². The Balaban J connectivity index is 4.50. The summed E-state index contributed by atoms with van der Waals surface area (Å²) in [4.78, 5) is 0. The zero-order valence-corrected chi connectivity index (χ0v) is 14.2. The van der Waals surface area contributed by atoms with E-state index in [0.717, 1.165) is 12.8 Å². The van der Waals surface area contributed by atoms with E-state index in [1.807, 2.05) is 20.8 Å². The van der Waals surface area contributed by atoms with Crippen LogP contribution in [0.4, 0.5) is 0 Å². The molecule has 1 atom stereocenters. The van der Waals surface area contributed by atoms with Crippen molar-refractivity contribution in [2.45, 2.75) is 66.8 Å². The lowest BCUT2D eigenvalue weighted by molar-refractivity contribution is 0.211. The van der Waals surface area contributed by atoms with Crippen molar-refractivity contribution in [3.8, 4) is 0 Å². The Hall–Kier alpha value is -0.0900. The normalized spacial score (nSPS) is 16.1. The predicted octanol–water partition coefficient (Wildman–Crippen LogP) is 3.51. The lowest BCUT2D eigenvalue weighted by atomic mass is 9.79. The summed E-state index contributed by atoms with van der Waals surface area (Å²) >= 11 is 0. The minimum absolute atomic E-state index is 0.289. The van der Waals surface area contributed by atoms with Crippen molar-refractivity contribution < 1.29 is 8.42 Å². The Morgan fingerprint density at radius 2 is 1.50 bits per heavy atom. The fourth-order valence-corrected chi connectivity index (χ4v) is 3.43. The molecule has 18 heavy (non-hydrogen) atoms. The maximum Gasteiger partial charge on any atom is 0.211 e. The zero-order valence-electron chi connectivity index (χ0n) is 13.4. The molecule has 0 fully saturated rings. The second-order valence-electron chi connectivity index (χ2n) is 7.42. The van der Waals surface area contributed by atoms with Gasteiger partial charge in [0, 0.05) is 12.1 Å². The molecule has 0 saturated heterocycles. The van der Waals surface area contributed by atoms with Crippen molar-refractivity contribution in [3.05, 3.63) is 0 Å². The molecule has 110 valence electrons. The summed E-state index contributed by atoms with van der Waals surface area (Å²) in [6.07, 6.45) is 3.28. The van der Waals surface area contributed by atoms with E-state index in [-0.39, 0.29) is 11.0 Å². The Morgan fingerprint density at radius 1 is 1.06 bits per heavy atom. The van der Waals surface area contributed by atoms with Crippen molar-refractivity contribution in [2.24, 2.45) is 11.3 Å². The van der Waals surface area contributed by atoms with Gasteiger partial charge in [0.1, 0.15) is 0 Å². The van der Waals surface area contributed by atoms with Gasteiger partial charge in [0.2, 0.25) is 10.0 Å². The second kappa shape index (κ2) is 5.91. The van der Waals surface area contributed by atoms with E-state index < -0.39 is 10.0 Å². The topological polar surface area (TPSA) is 37.4 Å². The van der Waals surface area contributed by atoms with E-state index in [1.165, 1.54) is 6.26 Å². The summed E-state index contributed by atoms with van der Waals surface area (Å²) in [5.41, 5.74) is -0.0454. The zero-order chi connectivity index (χ0) is 14.8. The first kappa shape index (κ1) is 17.9. The highest BCUT2D eigenvalue weighted by Gasteiger charge is 2.29. The fraction of sp³-hybridized carbons (Fsp3) is 1.00. The first-order valence-electron chi connectivity index (χ1n) is 6.74. The van der Waals surface area contributed by atoms with Gasteiger partial charge in [-0.05, 0) is 44.9 Å². The minimum atomic E-state index is -3.12. The summed E-state index contributed by atoms with van der Waals surface area (Å²) in [5, 5.41) is 0. The van der Waals surface area contributed by atoms with Crippen molar-refractivity contribution in [2.75, 3.05) is 12.8 Å². The van der Waals surface area contributed by atoms with Crippen molar-refractivity contribution in [1.29, 1.82) is 0 Å². The maximum absolute atomic E-state index is 11.8. The Bertz CT molecular complexity index is 347. The molecule has 0 amide bonds. The molecule has 0 aromatic heterocycles. The van der Waals surface area contributed by atoms with Crippen molar-refractivity contribution >= 4 is 10.0 Å². The molecule has 0 N–H and O–H groups in total. The molecule has 0 rings (SSSR count). The molecule has 0 heterocycles. The van der Waals surface area contributed by atoms with Crippen LogP contribution in [0.15, 0.2) is 0 Å². The molecular formula is C14H31NO2S. The molecule has 1 unspecified atom stereocenters. The van der Waals surface area contributed by atoms with Gasteiger partial charge in [0.05, 0.1) is 6.26 Å². The van der Waals surface area contributed by atoms with Crippen LogP contribution in [0, 0.1) is 11.3 Å². The number of nitrogens with zero attached hydrogens (tertiary/aromatic N) is 1. The van der Waals surface area contributed by atoms with Gasteiger partial charge in [0.15, 0.2) is 0 Å². The van der Waals surface area contributed by atoms with E-state index >= 15 is 0 Å². The molecule has 0 saturated carbocycles. The van der Waals surface area contributed by atoms with E-state index in [2.05, 4.69) is 27.7 Å². The van der Waals surface area contributed by atoms with Gasteiger partial charge in [-0.25, -0.2) is 8.42 Å². The quantitative estimate of drug-likeness (QED) is 0.771. The summed E-state index contributed by atoms with van der Waals surface area (Å²) < 4.78 is 25.2. The summed E-state index contributed by atoms with van der Waals surface area (Å²) in [6.45, 7) is 15.4. The molecule has 0 aliphatic rings. The molecule has 0 aromatic carbocycles. The first-order valence-corrected chi connectivity index (χ1v) is 8.59. The van der Waals surface area contributed by atoms with Gasteiger partial charge in [-0.3, -0.25) is 0 Å². The van der Waals surface area contributed by atoms with Crippen LogP contribution >= 0.6 is 0 Å². The number of hydrogen-bond acceptors (Lipinski definition) is 2. The van der Waals surface area contributed by atoms with Crippen molar-refractivity contribution in [1.82, 2.24) is 4.31 Å². The van der Waals surface area contributed by atoms with Gasteiger partial charge >= 0.3 is 0 Å². The highest BCUT2D eigenvalue weighted by atomic mass is 32.2. The van der Waals surface area contributed by atoms with Crippen LogP contribution in [-0.2, 0) is 10.0 Å². The monoisotopic (exact) mass is 277 g/mol. The third-order valence-corrected chi connectivity index (χ3v) is 5.16. The van der Waals surface area contributed by atoms with Crippen LogP contribution in [0.3, 0.4) is 0 Å². The van der Waals surface area contributed by atoms with E-state index in [9.17, 15) is 8.42 Å². The maximum atomic E-state index is 11.8. The summed E-state index contributed by atoms with van der Waals surface area (Å²) in [5.74, 6) is 0.596. The molecule has 0 aromatic rings. The SMILES string of the molecule is CC(CCCN(C(C)(C)C)S(C)(=O)=O)C(C)(C)C. The molecule has 0 spiro atoms. The van der Waals surface area contributed by atoms with Crippen LogP contribution in [0.5, 0.6) is 0 Å². The largest absolute Gasteiger partial charge is 0.212 e. The number of rotatable bonds is 5. The van der Waals surface area contributed by atoms with Crippen LogP contribution in [0.25, 0.3) is 0 Å². The van der Waals surface area contributed by atoms with Gasteiger partial charge in [-0.15, -0.1) is 0 Å². The Labute approximate surface area is 114 Å². The molecule has 0 aliphatic heterocycles. The lowest BCUT2D eigenvalue weighted by Gasteiger charge is -2.34. The molecular weight excluding hydrogens is 246 g/mol. The summed E-state index contributed by atoms with van der Waals surface area (Å²) in [6, 6.07) is 0. The smallest absolute Gasteiger partial charge is 0.211 e. The third kappa shape index (κ3) is 6.19. The van der Waals surface area contributed by atoms with Gasteiger partial charge in [0.25, 0.3) is 0 Å². The summed E-state index contributed by atoms with van der Waals surface area (Å²) in [7, 11) is -3.12. The second-order valence-corrected chi connectivity index (χ2v) is 9.32. The van der Waals surface area contributed by atoms with Crippen molar-refractivity contribution in [3.63, 3.8) is 0 Å². The molecule has 0 aliphatic carbocycles. The lowest BCUT2D eigenvalue weighted by Crippen LogP contribution is -2.45. The minimum Gasteiger partial charge on any atom is -0.212 e. The molecule has 3 nitrogen and oxygen atoms in total. The van der Waals surface area contributed by atoms with Gasteiger partial charge < -0.3 is 0 Å². The third-order valence-electron chi connectivity index (χ3n) is 3.63. The Morgan fingerprint density at radius 3 is 1.78 bits per heavy atom. The predicted molar refractivity (Wildman–Crippen MR) is 79.2 cm³/mol. The van der Waals surface area contributed by atoms with Gasteiger partial charge in [-0.2, -0.15) is 4.31 Å². The molecule has 0 bridgehead atoms. The number of hydrogen-bond donors (Lipinski definition) is 0. The molecule has 0 radical (unpaired) electrons. The standard InChI is InChI=1S/C14H31NO2S/c1-12(13(2,3)4)10-9-11-15(14(5,6)7)18(8,16)17/h12H,9-11H2,1-8H3. The van der Waals surface area contributed by atoms with E-state index in [4.69, 9.17) is 0 Å². The highest BCUT2D eigenvalue weighted by molar-refractivity contribution is 7.88. The van der Waals surface area contributed by atoms with E-state index in [1.54, 1.807) is 4.31 Å². The average molecular weight is 277 g/mol. The van der Waals surface area contributed by atoms with Crippen LogP contribution in [0.1, 0.15) is 61.3 Å². The molecule has 4 heteroatoms. The van der Waals surface area contributed by atoms with Crippen LogP contribution in [-0.4, -0.2) is 31.1 Å².